The first kappa shape index (κ1) is 13.3. The van der Waals surface area contributed by atoms with Crippen LogP contribution < -0.4 is 0 Å². The van der Waals surface area contributed by atoms with Crippen molar-refractivity contribution in [1.82, 2.24) is 0 Å². The third-order valence-corrected chi connectivity index (χ3v) is 2.08. The lowest BCUT2D eigenvalue weighted by Gasteiger charge is -1.96. The summed E-state index contributed by atoms with van der Waals surface area (Å²) in [6.07, 6.45) is 3.54. The number of carboxylic acids is 1. The molecule has 90 valence electrons. The Morgan fingerprint density at radius 3 is 3.00 bits per heavy atom. The molecule has 0 aliphatic carbocycles. The lowest BCUT2D eigenvalue weighted by molar-refractivity contribution is -0.129. The fraction of sp³-hybridized carbons (Fsp3) is 0.167. The quantitative estimate of drug-likeness (QED) is 0.499. The van der Waals surface area contributed by atoms with Gasteiger partial charge in [0.05, 0.1) is 0 Å². The fourth-order valence-electron chi connectivity index (χ4n) is 1.01. The number of nitrogens with zero attached hydrogens (tertiary/aromatic N) is 1. The Labute approximate surface area is 104 Å². The van der Waals surface area contributed by atoms with Gasteiger partial charge in [0.15, 0.2) is 5.71 Å². The molecular weight excluding hydrogens is 242 g/mol. The smallest absolute Gasteiger partial charge is 0.353 e. The summed E-state index contributed by atoms with van der Waals surface area (Å²) in [7, 11) is 0. The van der Waals surface area contributed by atoms with Crippen molar-refractivity contribution in [3.63, 3.8) is 0 Å². The summed E-state index contributed by atoms with van der Waals surface area (Å²) in [6, 6.07) is 7.34. The number of carbonyl (C=O) groups is 1. The molecule has 0 aliphatic rings. The van der Waals surface area contributed by atoms with Gasteiger partial charge in [0, 0.05) is 5.02 Å². The number of carboxylic acid groups (broad SMARTS) is 1. The summed E-state index contributed by atoms with van der Waals surface area (Å²) < 4.78 is 0. The maximum atomic E-state index is 10.4. The zero-order valence-electron chi connectivity index (χ0n) is 9.26. The van der Waals surface area contributed by atoms with Crippen LogP contribution >= 0.6 is 11.6 Å². The van der Waals surface area contributed by atoms with E-state index in [2.05, 4.69) is 5.16 Å². The minimum atomic E-state index is -1.09. The standard InChI is InChI=1S/C12H12ClNO3/c1-9(12(15)16)14-17-7-3-5-10-4-2-6-11(13)8-10/h2-6,8H,7H2,1H3,(H,15,16)/b5-3+,14-9-. The summed E-state index contributed by atoms with van der Waals surface area (Å²) in [6.45, 7) is 1.57. The van der Waals surface area contributed by atoms with Crippen LogP contribution in [0.15, 0.2) is 35.5 Å². The van der Waals surface area contributed by atoms with Gasteiger partial charge in [0.1, 0.15) is 6.61 Å². The molecule has 1 rings (SSSR count). The second-order valence-corrected chi connectivity index (χ2v) is 3.67. The van der Waals surface area contributed by atoms with Gasteiger partial charge in [-0.3, -0.25) is 0 Å². The van der Waals surface area contributed by atoms with Gasteiger partial charge in [-0.25, -0.2) is 4.79 Å². The van der Waals surface area contributed by atoms with E-state index in [0.717, 1.165) is 5.56 Å². The fourth-order valence-corrected chi connectivity index (χ4v) is 1.21. The third-order valence-electron chi connectivity index (χ3n) is 1.84. The van der Waals surface area contributed by atoms with Gasteiger partial charge >= 0.3 is 5.97 Å². The Morgan fingerprint density at radius 1 is 1.59 bits per heavy atom. The number of benzene rings is 1. The highest BCUT2D eigenvalue weighted by molar-refractivity contribution is 6.34. The Kier molecular flexibility index (Phi) is 5.23. The molecule has 4 nitrogen and oxygen atoms in total. The van der Waals surface area contributed by atoms with Crippen LogP contribution in [0, 0.1) is 0 Å². The van der Waals surface area contributed by atoms with E-state index in [1.165, 1.54) is 6.92 Å². The molecular formula is C12H12ClNO3. The Hall–Kier alpha value is -1.81. The predicted molar refractivity (Wildman–Crippen MR) is 67.2 cm³/mol. The second-order valence-electron chi connectivity index (χ2n) is 3.23. The van der Waals surface area contributed by atoms with E-state index in [9.17, 15) is 4.79 Å². The highest BCUT2D eigenvalue weighted by atomic mass is 35.5. The molecule has 1 aromatic carbocycles. The lowest BCUT2D eigenvalue weighted by Crippen LogP contribution is -2.08. The molecule has 0 unspecified atom stereocenters. The number of halogens is 1. The molecule has 0 spiro atoms. The minimum absolute atomic E-state index is 0.0823. The highest BCUT2D eigenvalue weighted by Gasteiger charge is 2.00. The third kappa shape index (κ3) is 5.17. The van der Waals surface area contributed by atoms with Gasteiger partial charge < -0.3 is 9.94 Å². The van der Waals surface area contributed by atoms with Crippen LogP contribution in [0.5, 0.6) is 0 Å². The van der Waals surface area contributed by atoms with Crippen molar-refractivity contribution in [3.8, 4) is 0 Å². The Bertz CT molecular complexity index is 455. The average Bonchev–Trinajstić information content (AvgIpc) is 2.28. The molecule has 1 N–H and O–H groups in total. The van der Waals surface area contributed by atoms with Crippen molar-refractivity contribution >= 4 is 29.4 Å². The molecule has 5 heteroatoms. The average molecular weight is 254 g/mol. The van der Waals surface area contributed by atoms with Crippen LogP contribution in [-0.4, -0.2) is 23.4 Å². The molecule has 0 saturated carbocycles. The van der Waals surface area contributed by atoms with E-state index < -0.39 is 5.97 Å². The van der Waals surface area contributed by atoms with E-state index in [0.29, 0.717) is 5.02 Å². The van der Waals surface area contributed by atoms with Crippen LogP contribution in [-0.2, 0) is 9.63 Å². The second kappa shape index (κ2) is 6.70. The van der Waals surface area contributed by atoms with Crippen molar-refractivity contribution in [2.75, 3.05) is 6.61 Å². The molecule has 0 radical (unpaired) electrons. The molecule has 0 amide bonds. The molecule has 0 fully saturated rings. The monoisotopic (exact) mass is 253 g/mol. The topological polar surface area (TPSA) is 58.9 Å². The lowest BCUT2D eigenvalue weighted by atomic mass is 10.2. The van der Waals surface area contributed by atoms with Crippen LogP contribution in [0.1, 0.15) is 12.5 Å². The number of oxime groups is 1. The maximum Gasteiger partial charge on any atom is 0.353 e. The SMILES string of the molecule is C/C(=N/OC/C=C/c1cccc(Cl)c1)C(=O)O. The Morgan fingerprint density at radius 2 is 2.35 bits per heavy atom. The number of aliphatic carboxylic acids is 1. The molecule has 0 bridgehead atoms. The molecule has 17 heavy (non-hydrogen) atoms. The van der Waals surface area contributed by atoms with Crippen molar-refractivity contribution in [2.24, 2.45) is 5.16 Å². The van der Waals surface area contributed by atoms with E-state index in [1.54, 1.807) is 12.1 Å². The Balaban J connectivity index is 2.41. The van der Waals surface area contributed by atoms with Crippen molar-refractivity contribution < 1.29 is 14.7 Å². The van der Waals surface area contributed by atoms with Crippen molar-refractivity contribution in [2.45, 2.75) is 6.92 Å². The number of hydrogen-bond acceptors (Lipinski definition) is 3. The highest BCUT2D eigenvalue weighted by Crippen LogP contribution is 2.11. The molecule has 0 aromatic heterocycles. The van der Waals surface area contributed by atoms with Gasteiger partial charge in [-0.05, 0) is 30.7 Å². The molecule has 0 heterocycles. The summed E-state index contributed by atoms with van der Waals surface area (Å²) in [4.78, 5) is 15.2. The van der Waals surface area contributed by atoms with Gasteiger partial charge in [-0.15, -0.1) is 0 Å². The first-order valence-corrected chi connectivity index (χ1v) is 5.29. The van der Waals surface area contributed by atoms with E-state index in [4.69, 9.17) is 21.5 Å². The van der Waals surface area contributed by atoms with Crippen molar-refractivity contribution in [3.05, 3.63) is 40.9 Å². The maximum absolute atomic E-state index is 10.4. The van der Waals surface area contributed by atoms with Gasteiger partial charge in [-0.2, -0.15) is 0 Å². The zero-order chi connectivity index (χ0) is 12.7. The van der Waals surface area contributed by atoms with E-state index in [-0.39, 0.29) is 12.3 Å². The normalized spacial score (nSPS) is 11.8. The van der Waals surface area contributed by atoms with E-state index >= 15 is 0 Å². The molecule has 0 saturated heterocycles. The van der Waals surface area contributed by atoms with Gasteiger partial charge in [0.2, 0.25) is 0 Å². The van der Waals surface area contributed by atoms with Crippen molar-refractivity contribution in [1.29, 1.82) is 0 Å². The van der Waals surface area contributed by atoms with Crippen LogP contribution in [0.25, 0.3) is 6.08 Å². The molecule has 0 aliphatic heterocycles. The number of rotatable bonds is 5. The van der Waals surface area contributed by atoms with Gasteiger partial charge in [0.25, 0.3) is 0 Å². The minimum Gasteiger partial charge on any atom is -0.477 e. The summed E-state index contributed by atoms with van der Waals surface area (Å²) in [5.74, 6) is -1.09. The van der Waals surface area contributed by atoms with Gasteiger partial charge in [-0.1, -0.05) is 35.0 Å². The largest absolute Gasteiger partial charge is 0.477 e. The molecule has 0 atom stereocenters. The summed E-state index contributed by atoms with van der Waals surface area (Å²) in [5.41, 5.74) is 0.862. The van der Waals surface area contributed by atoms with Crippen LogP contribution in [0.4, 0.5) is 0 Å². The number of hydrogen-bond donors (Lipinski definition) is 1. The van der Waals surface area contributed by atoms with Crippen LogP contribution in [0.2, 0.25) is 5.02 Å². The zero-order valence-corrected chi connectivity index (χ0v) is 10.0. The predicted octanol–water partition coefficient (Wildman–Crippen LogP) is 2.83. The summed E-state index contributed by atoms with van der Waals surface area (Å²) >= 11 is 5.81. The first-order chi connectivity index (χ1) is 8.09. The van der Waals surface area contributed by atoms with Crippen LogP contribution in [0.3, 0.4) is 0 Å². The first-order valence-electron chi connectivity index (χ1n) is 4.91. The van der Waals surface area contributed by atoms with E-state index in [1.807, 2.05) is 24.3 Å². The molecule has 1 aromatic rings. The summed E-state index contributed by atoms with van der Waals surface area (Å²) in [5, 5.41) is 12.6.